The van der Waals surface area contributed by atoms with E-state index in [2.05, 4.69) is 194 Å². The number of rotatable bonds is 5. The third-order valence-corrected chi connectivity index (χ3v) is 9.69. The zero-order chi connectivity index (χ0) is 31.9. The predicted molar refractivity (Wildman–Crippen MR) is 206 cm³/mol. The Morgan fingerprint density at radius 2 is 0.667 bits per heavy atom. The van der Waals surface area contributed by atoms with Crippen LogP contribution in [0.5, 0.6) is 0 Å². The molecule has 0 amide bonds. The molecule has 0 aliphatic rings. The maximum absolute atomic E-state index is 2.39. The van der Waals surface area contributed by atoms with Gasteiger partial charge in [-0.3, -0.25) is 0 Å². The summed E-state index contributed by atoms with van der Waals surface area (Å²) >= 11 is 0. The van der Waals surface area contributed by atoms with Crippen molar-refractivity contribution in [2.45, 2.75) is 0 Å². The molecule has 48 heavy (non-hydrogen) atoms. The minimum atomic E-state index is 1.21. The Morgan fingerprint density at radius 3 is 1.31 bits per heavy atom. The topological polar surface area (TPSA) is 0 Å². The van der Waals surface area contributed by atoms with E-state index in [0.29, 0.717) is 0 Å². The molecule has 0 bridgehead atoms. The molecule has 0 spiro atoms. The third-order valence-electron chi connectivity index (χ3n) is 9.69. The monoisotopic (exact) mass is 608 g/mol. The fourth-order valence-electron chi connectivity index (χ4n) is 7.45. The third kappa shape index (κ3) is 4.78. The molecule has 0 radical (unpaired) electrons. The highest BCUT2D eigenvalue weighted by Crippen LogP contribution is 2.47. The van der Waals surface area contributed by atoms with E-state index in [1.165, 1.54) is 88.0 Å². The minimum Gasteiger partial charge on any atom is -0.0622 e. The highest BCUT2D eigenvalue weighted by molar-refractivity contribution is 6.22. The zero-order valence-corrected chi connectivity index (χ0v) is 26.5. The molecule has 0 aliphatic carbocycles. The van der Waals surface area contributed by atoms with E-state index in [-0.39, 0.29) is 0 Å². The van der Waals surface area contributed by atoms with Crippen molar-refractivity contribution >= 4 is 32.3 Å². The van der Waals surface area contributed by atoms with Gasteiger partial charge in [-0.05, 0) is 94.0 Å². The van der Waals surface area contributed by atoms with Crippen molar-refractivity contribution in [1.29, 1.82) is 0 Å². The van der Waals surface area contributed by atoms with Gasteiger partial charge in [-0.15, -0.1) is 0 Å². The van der Waals surface area contributed by atoms with Crippen molar-refractivity contribution in [3.8, 4) is 55.6 Å². The lowest BCUT2D eigenvalue weighted by Crippen LogP contribution is -1.93. The van der Waals surface area contributed by atoms with Crippen LogP contribution in [-0.4, -0.2) is 0 Å². The summed E-state index contributed by atoms with van der Waals surface area (Å²) in [6.07, 6.45) is 0. The summed E-state index contributed by atoms with van der Waals surface area (Å²) < 4.78 is 0. The van der Waals surface area contributed by atoms with Gasteiger partial charge >= 0.3 is 0 Å². The average Bonchev–Trinajstić information content (AvgIpc) is 3.17. The first-order valence-electron chi connectivity index (χ1n) is 16.6. The molecule has 0 saturated carbocycles. The average molecular weight is 609 g/mol. The van der Waals surface area contributed by atoms with Gasteiger partial charge in [0.15, 0.2) is 0 Å². The van der Waals surface area contributed by atoms with Gasteiger partial charge in [0, 0.05) is 0 Å². The van der Waals surface area contributed by atoms with Gasteiger partial charge in [-0.2, -0.15) is 0 Å². The Labute approximate surface area is 281 Å². The molecule has 0 saturated heterocycles. The van der Waals surface area contributed by atoms with Crippen molar-refractivity contribution in [2.24, 2.45) is 0 Å². The minimum absolute atomic E-state index is 1.21. The van der Waals surface area contributed by atoms with Gasteiger partial charge in [0.1, 0.15) is 0 Å². The fraction of sp³-hybridized carbons (Fsp3) is 0. The van der Waals surface area contributed by atoms with Gasteiger partial charge in [-0.25, -0.2) is 0 Å². The summed E-state index contributed by atoms with van der Waals surface area (Å²) in [4.78, 5) is 0. The van der Waals surface area contributed by atoms with E-state index in [1.807, 2.05) is 0 Å². The van der Waals surface area contributed by atoms with Crippen LogP contribution in [0.2, 0.25) is 0 Å². The lowest BCUT2D eigenvalue weighted by molar-refractivity contribution is 1.58. The van der Waals surface area contributed by atoms with E-state index in [1.54, 1.807) is 0 Å². The van der Waals surface area contributed by atoms with E-state index in [9.17, 15) is 0 Å². The largest absolute Gasteiger partial charge is 0.0622 e. The normalized spacial score (nSPS) is 11.3. The standard InChI is InChI=1S/C48H32/c1-3-14-33(15-4-1)38-30-31-41(34-16-5-2-6-17-34)46(32-38)48-44-23-11-9-21-42(44)47(43-22-10-12-24-45(43)48)37-28-26-36(27-29-37)40-25-13-19-35-18-7-8-20-39(35)40/h1-32H. The fourth-order valence-corrected chi connectivity index (χ4v) is 7.45. The van der Waals surface area contributed by atoms with Crippen molar-refractivity contribution < 1.29 is 0 Å². The van der Waals surface area contributed by atoms with Crippen molar-refractivity contribution in [3.63, 3.8) is 0 Å². The predicted octanol–water partition coefficient (Wildman–Crippen LogP) is 13.5. The molecular formula is C48H32. The van der Waals surface area contributed by atoms with Crippen LogP contribution in [0.25, 0.3) is 88.0 Å². The zero-order valence-electron chi connectivity index (χ0n) is 26.5. The van der Waals surface area contributed by atoms with Gasteiger partial charge in [0.05, 0.1) is 0 Å². The summed E-state index contributed by atoms with van der Waals surface area (Å²) in [5.74, 6) is 0. The first kappa shape index (κ1) is 28.0. The first-order valence-corrected chi connectivity index (χ1v) is 16.6. The van der Waals surface area contributed by atoms with E-state index >= 15 is 0 Å². The van der Waals surface area contributed by atoms with Crippen LogP contribution in [0.15, 0.2) is 194 Å². The van der Waals surface area contributed by atoms with Gasteiger partial charge in [0.2, 0.25) is 0 Å². The molecule has 0 aliphatic heterocycles. The quantitative estimate of drug-likeness (QED) is 0.171. The SMILES string of the molecule is c1ccc(-c2ccc(-c3ccccc3)c(-c3c4ccccc4c(-c4ccc(-c5cccc6ccccc56)cc4)c4ccccc34)c2)cc1. The molecule has 0 N–H and O–H groups in total. The van der Waals surface area contributed by atoms with Crippen molar-refractivity contribution in [2.75, 3.05) is 0 Å². The highest BCUT2D eigenvalue weighted by atomic mass is 14.2. The Bertz CT molecular complexity index is 2510. The molecule has 0 atom stereocenters. The maximum atomic E-state index is 2.39. The van der Waals surface area contributed by atoms with Crippen LogP contribution in [0.1, 0.15) is 0 Å². The van der Waals surface area contributed by atoms with E-state index in [4.69, 9.17) is 0 Å². The molecular weight excluding hydrogens is 577 g/mol. The molecule has 0 fully saturated rings. The second-order valence-electron chi connectivity index (χ2n) is 12.4. The van der Waals surface area contributed by atoms with Crippen LogP contribution in [-0.2, 0) is 0 Å². The van der Waals surface area contributed by atoms with Gasteiger partial charge in [0.25, 0.3) is 0 Å². The van der Waals surface area contributed by atoms with E-state index in [0.717, 1.165) is 0 Å². The summed E-state index contributed by atoms with van der Waals surface area (Å²) in [5, 5.41) is 7.57. The second kappa shape index (κ2) is 11.8. The summed E-state index contributed by atoms with van der Waals surface area (Å²) in [5.41, 5.74) is 12.4. The van der Waals surface area contributed by atoms with Crippen molar-refractivity contribution in [3.05, 3.63) is 194 Å². The smallest absolute Gasteiger partial charge is 0.00199 e. The Balaban J connectivity index is 1.30. The molecule has 0 unspecified atom stereocenters. The molecule has 9 aromatic rings. The molecule has 0 aromatic heterocycles. The number of fused-ring (bicyclic) bond motifs is 3. The number of hydrogen-bond acceptors (Lipinski definition) is 0. The van der Waals surface area contributed by atoms with Crippen LogP contribution < -0.4 is 0 Å². The molecule has 0 nitrogen and oxygen atoms in total. The Morgan fingerprint density at radius 1 is 0.208 bits per heavy atom. The van der Waals surface area contributed by atoms with Gasteiger partial charge in [-0.1, -0.05) is 188 Å². The molecule has 224 valence electrons. The Hall–Kier alpha value is -6.24. The summed E-state index contributed by atoms with van der Waals surface area (Å²) in [6, 6.07) is 70.7. The number of benzene rings is 9. The lowest BCUT2D eigenvalue weighted by atomic mass is 9.82. The molecule has 0 heteroatoms. The van der Waals surface area contributed by atoms with Crippen LogP contribution in [0.3, 0.4) is 0 Å². The van der Waals surface area contributed by atoms with Crippen LogP contribution >= 0.6 is 0 Å². The van der Waals surface area contributed by atoms with Crippen LogP contribution in [0.4, 0.5) is 0 Å². The molecule has 9 aromatic carbocycles. The molecule has 0 heterocycles. The Kier molecular flexibility index (Phi) is 6.91. The molecule has 9 rings (SSSR count). The van der Waals surface area contributed by atoms with Gasteiger partial charge < -0.3 is 0 Å². The van der Waals surface area contributed by atoms with Crippen LogP contribution in [0, 0.1) is 0 Å². The van der Waals surface area contributed by atoms with Crippen molar-refractivity contribution in [1.82, 2.24) is 0 Å². The summed E-state index contributed by atoms with van der Waals surface area (Å²) in [6.45, 7) is 0. The summed E-state index contributed by atoms with van der Waals surface area (Å²) in [7, 11) is 0. The van der Waals surface area contributed by atoms with E-state index < -0.39 is 0 Å². The first-order chi connectivity index (χ1) is 23.8. The second-order valence-corrected chi connectivity index (χ2v) is 12.4. The number of hydrogen-bond donors (Lipinski definition) is 0. The lowest BCUT2D eigenvalue weighted by Gasteiger charge is -2.20. The highest BCUT2D eigenvalue weighted by Gasteiger charge is 2.20. The maximum Gasteiger partial charge on any atom is -0.00199 e.